The number of rotatable bonds is 7. The highest BCUT2D eigenvalue weighted by Gasteiger charge is 2.61. The van der Waals surface area contributed by atoms with Crippen molar-refractivity contribution in [1.82, 2.24) is 19.7 Å². The van der Waals surface area contributed by atoms with Crippen molar-refractivity contribution in [1.29, 1.82) is 0 Å². The Morgan fingerprint density at radius 3 is 2.79 bits per heavy atom. The summed E-state index contributed by atoms with van der Waals surface area (Å²) in [6, 6.07) is 0.295. The van der Waals surface area contributed by atoms with Gasteiger partial charge in [-0.2, -0.15) is 15.1 Å². The third kappa shape index (κ3) is 4.49. The van der Waals surface area contributed by atoms with Crippen LogP contribution in [0.1, 0.15) is 25.7 Å². The van der Waals surface area contributed by atoms with Gasteiger partial charge in [-0.25, -0.2) is 4.68 Å². The number of nitrogens with zero attached hydrogens (tertiary/aromatic N) is 4. The molecule has 13 nitrogen and oxygen atoms in total. The summed E-state index contributed by atoms with van der Waals surface area (Å²) in [4.78, 5) is 26.7. The zero-order chi connectivity index (χ0) is 23.4. The summed E-state index contributed by atoms with van der Waals surface area (Å²) in [6.45, 7) is -0.269. The molecule has 4 heterocycles. The average Bonchev–Trinajstić information content (AvgIpc) is 3.45. The predicted molar refractivity (Wildman–Crippen MR) is 114 cm³/mol. The molecule has 2 aromatic rings. The summed E-state index contributed by atoms with van der Waals surface area (Å²) in [5.74, 6) is -1.08. The van der Waals surface area contributed by atoms with Gasteiger partial charge in [0.2, 0.25) is 11.1 Å². The Balaban J connectivity index is 1.38. The van der Waals surface area contributed by atoms with Crippen molar-refractivity contribution in [3.63, 3.8) is 0 Å². The van der Waals surface area contributed by atoms with E-state index >= 15 is 0 Å². The molecule has 5 rings (SSSR count). The third-order valence-corrected chi connectivity index (χ3v) is 6.95. The molecule has 0 radical (unpaired) electrons. The SMILES string of the molecule is O=P(O)(O)COC1CO[C@]2(Cn3ncc4c(NC5CCCC5)nc(Cl)nc43)O[C@H]1[C@@H](O)[C@H]2O. The van der Waals surface area contributed by atoms with Crippen LogP contribution in [0.3, 0.4) is 0 Å². The fourth-order valence-corrected chi connectivity index (χ4v) is 5.23. The minimum Gasteiger partial charge on any atom is -0.387 e. The summed E-state index contributed by atoms with van der Waals surface area (Å²) in [6.07, 6.45) is 0.249. The average molecular weight is 506 g/mol. The van der Waals surface area contributed by atoms with Gasteiger partial charge in [-0.15, -0.1) is 0 Å². The number of fused-ring (bicyclic) bond motifs is 3. The minimum absolute atomic E-state index is 0.0310. The van der Waals surface area contributed by atoms with Crippen LogP contribution in [0.2, 0.25) is 5.28 Å². The number of hydrogen-bond acceptors (Lipinski definition) is 10. The van der Waals surface area contributed by atoms with E-state index in [1.54, 1.807) is 6.20 Å². The van der Waals surface area contributed by atoms with Crippen LogP contribution >= 0.6 is 19.2 Å². The van der Waals surface area contributed by atoms with E-state index in [0.29, 0.717) is 22.9 Å². The van der Waals surface area contributed by atoms with Crippen LogP contribution in [0.5, 0.6) is 0 Å². The molecule has 5 atom stereocenters. The fourth-order valence-electron chi connectivity index (χ4n) is 4.68. The molecule has 0 amide bonds. The second kappa shape index (κ2) is 8.67. The quantitative estimate of drug-likeness (QED) is 0.255. The van der Waals surface area contributed by atoms with Gasteiger partial charge in [-0.05, 0) is 24.4 Å². The van der Waals surface area contributed by atoms with Gasteiger partial charge >= 0.3 is 7.60 Å². The van der Waals surface area contributed by atoms with Gasteiger partial charge in [-0.1, -0.05) is 12.8 Å². The first-order valence-electron chi connectivity index (χ1n) is 10.6. The van der Waals surface area contributed by atoms with Gasteiger partial charge in [0.05, 0.1) is 18.2 Å². The van der Waals surface area contributed by atoms with Crippen molar-refractivity contribution in [2.24, 2.45) is 0 Å². The topological polar surface area (TPSA) is 181 Å². The molecule has 3 fully saturated rings. The Kier molecular flexibility index (Phi) is 6.13. The second-order valence-corrected chi connectivity index (χ2v) is 10.6. The summed E-state index contributed by atoms with van der Waals surface area (Å²) in [5.41, 5.74) is 0.405. The van der Waals surface area contributed by atoms with Gasteiger partial charge in [0.1, 0.15) is 43.1 Å². The molecule has 0 spiro atoms. The van der Waals surface area contributed by atoms with Gasteiger partial charge in [0.25, 0.3) is 0 Å². The van der Waals surface area contributed by atoms with Crippen LogP contribution in [-0.2, 0) is 25.3 Å². The molecular weight excluding hydrogens is 481 g/mol. The molecule has 0 aromatic carbocycles. The lowest BCUT2D eigenvalue weighted by molar-refractivity contribution is -0.316. The van der Waals surface area contributed by atoms with Crippen LogP contribution in [0.15, 0.2) is 6.20 Å². The molecular formula is C18H25ClN5O8P. The van der Waals surface area contributed by atoms with E-state index in [-0.39, 0.29) is 18.4 Å². The maximum absolute atomic E-state index is 11.1. The molecule has 182 valence electrons. The smallest absolute Gasteiger partial charge is 0.350 e. The van der Waals surface area contributed by atoms with E-state index in [4.69, 9.17) is 35.6 Å². The second-order valence-electron chi connectivity index (χ2n) is 8.65. The number of anilines is 1. The Bertz CT molecular complexity index is 1080. The number of hydrogen-bond donors (Lipinski definition) is 5. The first-order valence-corrected chi connectivity index (χ1v) is 12.8. The van der Waals surface area contributed by atoms with Crippen molar-refractivity contribution in [2.75, 3.05) is 18.3 Å². The molecule has 1 aliphatic carbocycles. The lowest BCUT2D eigenvalue weighted by Gasteiger charge is -2.37. The third-order valence-electron chi connectivity index (χ3n) is 6.30. The number of ether oxygens (including phenoxy) is 3. The molecule has 1 unspecified atom stereocenters. The summed E-state index contributed by atoms with van der Waals surface area (Å²) in [7, 11) is -4.43. The van der Waals surface area contributed by atoms with Crippen molar-refractivity contribution >= 4 is 36.0 Å². The fraction of sp³-hybridized carbons (Fsp3) is 0.722. The summed E-state index contributed by atoms with van der Waals surface area (Å²) < 4.78 is 29.3. The highest BCUT2D eigenvalue weighted by atomic mass is 35.5. The highest BCUT2D eigenvalue weighted by molar-refractivity contribution is 7.51. The van der Waals surface area contributed by atoms with E-state index in [9.17, 15) is 14.8 Å². The largest absolute Gasteiger partial charge is 0.387 e. The first-order chi connectivity index (χ1) is 15.7. The molecule has 33 heavy (non-hydrogen) atoms. The van der Waals surface area contributed by atoms with Crippen LogP contribution in [-0.4, -0.2) is 88.9 Å². The van der Waals surface area contributed by atoms with Crippen LogP contribution < -0.4 is 5.32 Å². The van der Waals surface area contributed by atoms with E-state index < -0.39 is 44.1 Å². The highest BCUT2D eigenvalue weighted by Crippen LogP contribution is 2.42. The van der Waals surface area contributed by atoms with Crippen LogP contribution in [0.4, 0.5) is 5.82 Å². The Labute approximate surface area is 193 Å². The first kappa shape index (κ1) is 23.3. The van der Waals surface area contributed by atoms with E-state index in [2.05, 4.69) is 20.4 Å². The lowest BCUT2D eigenvalue weighted by Crippen LogP contribution is -2.52. The summed E-state index contributed by atoms with van der Waals surface area (Å²) in [5, 5.41) is 29.6. The molecule has 15 heteroatoms. The van der Waals surface area contributed by atoms with E-state index in [1.807, 2.05) is 0 Å². The Morgan fingerprint density at radius 2 is 2.06 bits per heavy atom. The molecule has 5 N–H and O–H groups in total. The van der Waals surface area contributed by atoms with Gasteiger partial charge < -0.3 is 39.5 Å². The monoisotopic (exact) mass is 505 g/mol. The summed E-state index contributed by atoms with van der Waals surface area (Å²) >= 11 is 6.16. The zero-order valence-electron chi connectivity index (χ0n) is 17.4. The molecule has 2 aliphatic heterocycles. The van der Waals surface area contributed by atoms with Crippen LogP contribution in [0, 0.1) is 0 Å². The van der Waals surface area contributed by atoms with Gasteiger partial charge in [-0.3, -0.25) is 4.57 Å². The predicted octanol–water partition coefficient (Wildman–Crippen LogP) is 0.202. The lowest BCUT2D eigenvalue weighted by atomic mass is 10.0. The standard InChI is InChI=1S/C18H25ClN5O8P/c19-17-22-15(21-9-3-1-2-4-9)10-5-20-24(16(10)23-17)7-18-14(26)12(25)13(32-18)11(6-31-18)30-8-33(27,28)29/h5,9,11-14,25-26H,1-4,6-8H2,(H,21,22,23)(H2,27,28,29)/t11?,12-,13-,14-,18-/m1/s1. The number of aliphatic hydroxyl groups excluding tert-OH is 2. The van der Waals surface area contributed by atoms with Crippen molar-refractivity contribution in [3.05, 3.63) is 11.5 Å². The van der Waals surface area contributed by atoms with Crippen molar-refractivity contribution < 1.29 is 38.8 Å². The maximum Gasteiger partial charge on any atom is 0.350 e. The minimum atomic E-state index is -4.43. The maximum atomic E-state index is 11.1. The Morgan fingerprint density at radius 1 is 1.30 bits per heavy atom. The Hall–Kier alpha value is -1.41. The zero-order valence-corrected chi connectivity index (χ0v) is 19.1. The number of nitrogens with one attached hydrogen (secondary N) is 1. The van der Waals surface area contributed by atoms with E-state index in [1.165, 1.54) is 4.68 Å². The van der Waals surface area contributed by atoms with Gasteiger partial charge in [0.15, 0.2) is 5.65 Å². The van der Waals surface area contributed by atoms with Crippen molar-refractivity contribution in [3.8, 4) is 0 Å². The van der Waals surface area contributed by atoms with Crippen molar-refractivity contribution in [2.45, 2.75) is 68.5 Å². The molecule has 2 aromatic heterocycles. The molecule has 3 aliphatic rings. The normalized spacial score (nSPS) is 32.6. The number of halogens is 1. The number of aromatic nitrogens is 4. The molecule has 2 saturated heterocycles. The van der Waals surface area contributed by atoms with Crippen LogP contribution in [0.25, 0.3) is 11.0 Å². The molecule has 2 bridgehead atoms. The van der Waals surface area contributed by atoms with Gasteiger partial charge in [0, 0.05) is 6.04 Å². The number of aliphatic hydroxyl groups is 2. The molecule has 1 saturated carbocycles. The van der Waals surface area contributed by atoms with E-state index in [0.717, 1.165) is 25.7 Å².